The lowest BCUT2D eigenvalue weighted by Gasteiger charge is -2.43. The Hall–Kier alpha value is -1.16. The summed E-state index contributed by atoms with van der Waals surface area (Å²) in [6, 6.07) is -2.28. The molecule has 0 aliphatic rings. The van der Waals surface area contributed by atoms with E-state index >= 15 is 0 Å². The molecule has 0 N–H and O–H groups in total. The van der Waals surface area contributed by atoms with Crippen LogP contribution in [0.3, 0.4) is 0 Å². The van der Waals surface area contributed by atoms with E-state index in [0.717, 1.165) is 0 Å². The van der Waals surface area contributed by atoms with E-state index in [0.29, 0.717) is 21.3 Å². The molecular formula is C13H12F18O3Si. The highest BCUT2D eigenvalue weighted by atomic mass is 28.4. The van der Waals surface area contributed by atoms with Gasteiger partial charge in [-0.2, -0.15) is 74.6 Å². The van der Waals surface area contributed by atoms with E-state index in [4.69, 9.17) is 0 Å². The van der Waals surface area contributed by atoms with Crippen molar-refractivity contribution in [1.82, 2.24) is 0 Å². The molecule has 0 aliphatic heterocycles. The van der Waals surface area contributed by atoms with Crippen LogP contribution in [0.15, 0.2) is 0 Å². The molecule has 22 heteroatoms. The molecular weight excluding hydrogens is 574 g/mol. The average molecular weight is 586 g/mol. The minimum Gasteiger partial charge on any atom is -0.377 e. The van der Waals surface area contributed by atoms with Gasteiger partial charge in [0.1, 0.15) is 0 Å². The summed E-state index contributed by atoms with van der Waals surface area (Å²) in [5, 5.41) is 0. The van der Waals surface area contributed by atoms with Crippen molar-refractivity contribution < 1.29 is 92.3 Å². The van der Waals surface area contributed by atoms with Crippen molar-refractivity contribution in [3.05, 3.63) is 0 Å². The summed E-state index contributed by atoms with van der Waals surface area (Å²) in [6.45, 7) is 0. The molecule has 0 aromatic heterocycles. The quantitative estimate of drug-likeness (QED) is 0.201. The number of rotatable bonds is 12. The van der Waals surface area contributed by atoms with Crippen LogP contribution < -0.4 is 0 Å². The maximum atomic E-state index is 13.9. The molecule has 0 amide bonds. The number of alkyl halides is 18. The first-order valence-corrected chi connectivity index (χ1v) is 10.0. The second-order valence-corrected chi connectivity index (χ2v) is 9.53. The molecule has 212 valence electrons. The van der Waals surface area contributed by atoms with Gasteiger partial charge in [-0.1, -0.05) is 0 Å². The van der Waals surface area contributed by atoms with Crippen LogP contribution in [0.1, 0.15) is 0 Å². The highest BCUT2D eigenvalue weighted by molar-refractivity contribution is 6.60. The molecule has 1 unspecified atom stereocenters. The van der Waals surface area contributed by atoms with E-state index in [1.54, 1.807) is 0 Å². The first-order valence-electron chi connectivity index (χ1n) is 8.07. The molecule has 0 aliphatic carbocycles. The van der Waals surface area contributed by atoms with Gasteiger partial charge in [-0.15, -0.1) is 0 Å². The number of hydrogen-bond acceptors (Lipinski definition) is 3. The lowest BCUT2D eigenvalue weighted by atomic mass is 9.88. The normalized spacial score (nSPS) is 17.1. The molecule has 0 spiro atoms. The number of halogens is 18. The Morgan fingerprint density at radius 3 is 1.00 bits per heavy atom. The molecule has 0 fully saturated rings. The third-order valence-electron chi connectivity index (χ3n) is 4.50. The van der Waals surface area contributed by atoms with E-state index in [1.165, 1.54) is 0 Å². The lowest BCUT2D eigenvalue weighted by Crippen LogP contribution is -2.75. The molecule has 0 aromatic rings. The maximum absolute atomic E-state index is 13.9. The van der Waals surface area contributed by atoms with Crippen LogP contribution in [0.4, 0.5) is 79.0 Å². The third kappa shape index (κ3) is 4.66. The van der Waals surface area contributed by atoms with Crippen LogP contribution in [0.25, 0.3) is 0 Å². The molecule has 35 heavy (non-hydrogen) atoms. The highest BCUT2D eigenvalue weighted by Crippen LogP contribution is 2.64. The van der Waals surface area contributed by atoms with E-state index in [9.17, 15) is 79.0 Å². The predicted octanol–water partition coefficient (Wildman–Crippen LogP) is 6.21. The Labute approximate surface area is 183 Å². The largest absolute Gasteiger partial charge is 0.503 e. The van der Waals surface area contributed by atoms with Crippen molar-refractivity contribution in [3.8, 4) is 0 Å². The maximum Gasteiger partial charge on any atom is 0.503 e. The summed E-state index contributed by atoms with van der Waals surface area (Å²) in [5.74, 6) is -58.4. The minimum atomic E-state index is -8.78. The summed E-state index contributed by atoms with van der Waals surface area (Å²) in [7, 11) is -3.27. The second-order valence-electron chi connectivity index (χ2n) is 6.53. The zero-order valence-electron chi connectivity index (χ0n) is 16.8. The summed E-state index contributed by atoms with van der Waals surface area (Å²) in [6.07, 6.45) is -12.7. The Kier molecular flexibility index (Phi) is 8.99. The van der Waals surface area contributed by atoms with Crippen molar-refractivity contribution in [1.29, 1.82) is 0 Å². The van der Waals surface area contributed by atoms with Crippen molar-refractivity contribution in [2.75, 3.05) is 21.3 Å². The van der Waals surface area contributed by atoms with Gasteiger partial charge >= 0.3 is 56.4 Å². The molecule has 0 saturated heterocycles. The first-order chi connectivity index (χ1) is 15.1. The van der Waals surface area contributed by atoms with Gasteiger partial charge < -0.3 is 13.3 Å². The van der Waals surface area contributed by atoms with Gasteiger partial charge in [0.05, 0.1) is 6.04 Å². The molecule has 0 heterocycles. The van der Waals surface area contributed by atoms with Crippen molar-refractivity contribution >= 4 is 8.80 Å². The summed E-state index contributed by atoms with van der Waals surface area (Å²) < 4.78 is 251. The molecule has 1 atom stereocenters. The van der Waals surface area contributed by atoms with Crippen molar-refractivity contribution in [3.63, 3.8) is 0 Å². The molecule has 0 aromatic carbocycles. The number of hydrogen-bond donors (Lipinski definition) is 0. The van der Waals surface area contributed by atoms with E-state index in [2.05, 4.69) is 13.3 Å². The third-order valence-corrected chi connectivity index (χ3v) is 7.23. The molecule has 0 rings (SSSR count). The molecule has 0 bridgehead atoms. The predicted molar refractivity (Wildman–Crippen MR) is 77.2 cm³/mol. The highest BCUT2D eigenvalue weighted by Gasteiger charge is 2.95. The van der Waals surface area contributed by atoms with E-state index in [1.807, 2.05) is 0 Å². The Balaban J connectivity index is 6.74. The molecule has 0 radical (unpaired) electrons. The summed E-state index contributed by atoms with van der Waals surface area (Å²) in [4.78, 5) is 0. The smallest absolute Gasteiger partial charge is 0.377 e. The second kappa shape index (κ2) is 9.30. The van der Waals surface area contributed by atoms with Crippen LogP contribution in [-0.4, -0.2) is 83.9 Å². The first kappa shape index (κ1) is 33.8. The van der Waals surface area contributed by atoms with E-state index < -0.39 is 68.7 Å². The van der Waals surface area contributed by atoms with Gasteiger partial charge in [0.2, 0.25) is 0 Å². The fourth-order valence-electron chi connectivity index (χ4n) is 2.22. The minimum absolute atomic E-state index is 0.508. The van der Waals surface area contributed by atoms with Crippen LogP contribution in [0.2, 0.25) is 6.04 Å². The average Bonchev–Trinajstić information content (AvgIpc) is 2.70. The summed E-state index contributed by atoms with van der Waals surface area (Å²) in [5.41, 5.74) is 0. The van der Waals surface area contributed by atoms with Gasteiger partial charge in [0.15, 0.2) is 6.17 Å². The van der Waals surface area contributed by atoms with Crippen molar-refractivity contribution in [2.24, 2.45) is 0 Å². The van der Waals surface area contributed by atoms with Crippen molar-refractivity contribution in [2.45, 2.75) is 59.8 Å². The fourth-order valence-corrected chi connectivity index (χ4v) is 3.92. The Bertz CT molecular complexity index is 723. The van der Waals surface area contributed by atoms with Gasteiger partial charge in [-0.05, 0) is 0 Å². The fraction of sp³-hybridized carbons (Fsp3) is 1.00. The van der Waals surface area contributed by atoms with Crippen LogP contribution >= 0.6 is 0 Å². The monoisotopic (exact) mass is 586 g/mol. The van der Waals surface area contributed by atoms with Crippen LogP contribution in [-0.2, 0) is 13.3 Å². The molecule has 0 saturated carbocycles. The zero-order valence-corrected chi connectivity index (χ0v) is 17.8. The lowest BCUT2D eigenvalue weighted by molar-refractivity contribution is -0.463. The zero-order chi connectivity index (χ0) is 28.9. The topological polar surface area (TPSA) is 27.7 Å². The Morgan fingerprint density at radius 1 is 0.486 bits per heavy atom. The van der Waals surface area contributed by atoms with Crippen LogP contribution in [0, 0.1) is 0 Å². The van der Waals surface area contributed by atoms with Gasteiger partial charge in [0.25, 0.3) is 0 Å². The molecule has 3 nitrogen and oxygen atoms in total. The Morgan fingerprint density at radius 2 is 0.743 bits per heavy atom. The van der Waals surface area contributed by atoms with E-state index in [-0.39, 0.29) is 0 Å². The van der Waals surface area contributed by atoms with Gasteiger partial charge in [-0.3, -0.25) is 0 Å². The van der Waals surface area contributed by atoms with Gasteiger partial charge in [-0.25, -0.2) is 4.39 Å². The van der Waals surface area contributed by atoms with Crippen LogP contribution in [0.5, 0.6) is 0 Å². The standard InChI is InChI=1S/C13H12F18O3Si/c1-32-35(33-2,34-3)4-5(14)6(15,16)7(17,18)8(19,20)9(21,22)10(23,24)11(25,26)12(27,28)13(29,30)31/h5H,4H2,1-3H3. The summed E-state index contributed by atoms with van der Waals surface area (Å²) >= 11 is 0. The van der Waals surface area contributed by atoms with Gasteiger partial charge in [0, 0.05) is 21.3 Å². The SMILES string of the molecule is CO[Si](CC(F)C(F)(F)C(F)(F)C(F)(F)C(F)(F)C(F)(F)C(F)(F)C(F)(F)C(F)(F)F)(OC)OC.